The van der Waals surface area contributed by atoms with Crippen LogP contribution in [0.3, 0.4) is 0 Å². The zero-order valence-corrected chi connectivity index (χ0v) is 4.99. The zero-order valence-electron chi connectivity index (χ0n) is 4.99. The first-order chi connectivity index (χ1) is 4.43. The topological polar surface area (TPSA) is 25.1 Å². The summed E-state index contributed by atoms with van der Waals surface area (Å²) in [7, 11) is 0. The molecule has 0 N–H and O–H groups in total. The van der Waals surface area contributed by atoms with Crippen LogP contribution in [-0.2, 0) is 9.47 Å². The summed E-state index contributed by atoms with van der Waals surface area (Å²) in [5.74, 6) is 0. The van der Waals surface area contributed by atoms with Crippen LogP contribution < -0.4 is 0 Å². The van der Waals surface area contributed by atoms with Crippen LogP contribution in [0, 0.1) is 0 Å². The molecule has 2 nitrogen and oxygen atoms in total. The molecule has 1 aliphatic carbocycles. The Morgan fingerprint density at radius 3 is 2.11 bits per heavy atom. The van der Waals surface area contributed by atoms with Crippen molar-refractivity contribution in [2.75, 3.05) is 0 Å². The highest BCUT2D eigenvalue weighted by Gasteiger charge is 2.49. The van der Waals surface area contributed by atoms with Crippen LogP contribution in [0.25, 0.3) is 0 Å². The molecule has 2 heteroatoms. The minimum atomic E-state index is 0.446. The molecule has 2 heterocycles. The van der Waals surface area contributed by atoms with Crippen LogP contribution in [-0.4, -0.2) is 24.4 Å². The van der Waals surface area contributed by atoms with Gasteiger partial charge in [-0.3, -0.25) is 0 Å². The van der Waals surface area contributed by atoms with Gasteiger partial charge in [-0.2, -0.15) is 0 Å². The highest BCUT2D eigenvalue weighted by atomic mass is 16.6. The van der Waals surface area contributed by atoms with Crippen LogP contribution >= 0.6 is 0 Å². The second kappa shape index (κ2) is 1.22. The van der Waals surface area contributed by atoms with Crippen molar-refractivity contribution in [2.24, 2.45) is 0 Å². The Morgan fingerprint density at radius 1 is 1.00 bits per heavy atom. The minimum absolute atomic E-state index is 0.446. The van der Waals surface area contributed by atoms with Crippen molar-refractivity contribution in [3.8, 4) is 0 Å². The molecule has 0 saturated carbocycles. The first kappa shape index (κ1) is 4.47. The van der Waals surface area contributed by atoms with Gasteiger partial charge in [0.1, 0.15) is 12.2 Å². The lowest BCUT2D eigenvalue weighted by Gasteiger charge is -1.81. The van der Waals surface area contributed by atoms with Crippen molar-refractivity contribution in [3.05, 3.63) is 12.2 Å². The Balaban J connectivity index is 1.89. The maximum Gasteiger partial charge on any atom is 0.102 e. The Bertz CT molecular complexity index is 158. The lowest BCUT2D eigenvalue weighted by molar-refractivity contribution is 0.336. The van der Waals surface area contributed by atoms with Gasteiger partial charge in [-0.05, 0) is 0 Å². The molecule has 2 saturated heterocycles. The molecular weight excluding hydrogens is 116 g/mol. The highest BCUT2D eigenvalue weighted by molar-refractivity contribution is 5.15. The van der Waals surface area contributed by atoms with E-state index in [0.29, 0.717) is 24.4 Å². The van der Waals surface area contributed by atoms with E-state index in [2.05, 4.69) is 12.2 Å². The molecule has 0 spiro atoms. The van der Waals surface area contributed by atoms with E-state index in [9.17, 15) is 0 Å². The average Bonchev–Trinajstić information content (AvgIpc) is 2.54. The van der Waals surface area contributed by atoms with E-state index in [1.54, 1.807) is 0 Å². The van der Waals surface area contributed by atoms with Crippen molar-refractivity contribution in [3.63, 3.8) is 0 Å². The molecule has 0 radical (unpaired) electrons. The van der Waals surface area contributed by atoms with Gasteiger partial charge in [0.05, 0.1) is 12.2 Å². The molecule has 2 aliphatic heterocycles. The third kappa shape index (κ3) is 0.575. The largest absolute Gasteiger partial charge is 0.365 e. The monoisotopic (exact) mass is 124 g/mol. The Morgan fingerprint density at radius 2 is 1.56 bits per heavy atom. The highest BCUT2D eigenvalue weighted by Crippen LogP contribution is 2.39. The lowest BCUT2D eigenvalue weighted by atomic mass is 10.2. The van der Waals surface area contributed by atoms with Gasteiger partial charge in [0, 0.05) is 6.42 Å². The predicted molar refractivity (Wildman–Crippen MR) is 31.1 cm³/mol. The lowest BCUT2D eigenvalue weighted by Crippen LogP contribution is -1.95. The van der Waals surface area contributed by atoms with Gasteiger partial charge < -0.3 is 9.47 Å². The first-order valence-electron chi connectivity index (χ1n) is 3.43. The molecule has 0 aromatic carbocycles. The number of hydrogen-bond acceptors (Lipinski definition) is 2. The molecule has 2 fully saturated rings. The molecule has 48 valence electrons. The summed E-state index contributed by atoms with van der Waals surface area (Å²) in [6.07, 6.45) is 7.26. The second-order valence-electron chi connectivity index (χ2n) is 2.90. The maximum absolute atomic E-state index is 5.29. The van der Waals surface area contributed by atoms with E-state index in [-0.39, 0.29) is 0 Å². The molecule has 0 bridgehead atoms. The van der Waals surface area contributed by atoms with Gasteiger partial charge in [-0.25, -0.2) is 0 Å². The van der Waals surface area contributed by atoms with E-state index >= 15 is 0 Å². The van der Waals surface area contributed by atoms with Crippen molar-refractivity contribution in [1.82, 2.24) is 0 Å². The van der Waals surface area contributed by atoms with Crippen molar-refractivity contribution >= 4 is 0 Å². The van der Waals surface area contributed by atoms with Crippen LogP contribution in [0.5, 0.6) is 0 Å². The molecular formula is C7H8O2. The molecule has 3 rings (SSSR count). The van der Waals surface area contributed by atoms with Gasteiger partial charge in [0.15, 0.2) is 0 Å². The molecule has 3 aliphatic rings. The van der Waals surface area contributed by atoms with Gasteiger partial charge in [0.2, 0.25) is 0 Å². The number of fused-ring (bicyclic) bond motifs is 2. The van der Waals surface area contributed by atoms with Crippen molar-refractivity contribution in [1.29, 1.82) is 0 Å². The summed E-state index contributed by atoms with van der Waals surface area (Å²) in [4.78, 5) is 0. The molecule has 0 aromatic heterocycles. The Labute approximate surface area is 53.4 Å². The van der Waals surface area contributed by atoms with Gasteiger partial charge in [0.25, 0.3) is 0 Å². The quantitative estimate of drug-likeness (QED) is 0.346. The van der Waals surface area contributed by atoms with E-state index in [1.807, 2.05) is 0 Å². The summed E-state index contributed by atoms with van der Waals surface area (Å²) in [5.41, 5.74) is 0. The normalized spacial score (nSPS) is 59.6. The van der Waals surface area contributed by atoms with E-state index < -0.39 is 0 Å². The average molecular weight is 124 g/mol. The summed E-state index contributed by atoms with van der Waals surface area (Å²) in [5, 5.41) is 0. The van der Waals surface area contributed by atoms with Gasteiger partial charge in [-0.1, -0.05) is 12.2 Å². The third-order valence-electron chi connectivity index (χ3n) is 2.20. The molecule has 0 unspecified atom stereocenters. The summed E-state index contributed by atoms with van der Waals surface area (Å²) >= 11 is 0. The fourth-order valence-corrected chi connectivity index (χ4v) is 1.48. The fraction of sp³-hybridized carbons (Fsp3) is 0.714. The fourth-order valence-electron chi connectivity index (χ4n) is 1.48. The van der Waals surface area contributed by atoms with Crippen LogP contribution in [0.15, 0.2) is 12.2 Å². The van der Waals surface area contributed by atoms with E-state index in [0.717, 1.165) is 6.42 Å². The number of hydrogen-bond donors (Lipinski definition) is 0. The Hall–Kier alpha value is -0.340. The summed E-state index contributed by atoms with van der Waals surface area (Å²) in [6.45, 7) is 0. The minimum Gasteiger partial charge on any atom is -0.365 e. The molecule has 0 amide bonds. The van der Waals surface area contributed by atoms with Gasteiger partial charge >= 0.3 is 0 Å². The zero-order chi connectivity index (χ0) is 5.84. The number of epoxide rings is 2. The van der Waals surface area contributed by atoms with E-state index in [1.165, 1.54) is 0 Å². The predicted octanol–water partition coefficient (Wildman–Crippen LogP) is 0.481. The van der Waals surface area contributed by atoms with Crippen LogP contribution in [0.4, 0.5) is 0 Å². The standard InChI is InChI=1S/C7H8O2/c1-2-5-7(9-5)3-6-4(1)8-6/h1-2,4-7H,3H2/t4-,5+,6+,7-. The first-order valence-corrected chi connectivity index (χ1v) is 3.43. The number of ether oxygens (including phenoxy) is 2. The van der Waals surface area contributed by atoms with Crippen molar-refractivity contribution in [2.45, 2.75) is 30.8 Å². The van der Waals surface area contributed by atoms with E-state index in [4.69, 9.17) is 9.47 Å². The summed E-state index contributed by atoms with van der Waals surface area (Å²) in [6, 6.07) is 0. The second-order valence-corrected chi connectivity index (χ2v) is 2.90. The van der Waals surface area contributed by atoms with Gasteiger partial charge in [-0.15, -0.1) is 0 Å². The summed E-state index contributed by atoms with van der Waals surface area (Å²) < 4.78 is 10.6. The third-order valence-corrected chi connectivity index (χ3v) is 2.20. The molecule has 4 atom stereocenters. The van der Waals surface area contributed by atoms with Crippen molar-refractivity contribution < 1.29 is 9.47 Å². The van der Waals surface area contributed by atoms with Crippen LogP contribution in [0.1, 0.15) is 6.42 Å². The smallest absolute Gasteiger partial charge is 0.102 e. The Kier molecular flexibility index (Phi) is 0.608. The van der Waals surface area contributed by atoms with Crippen LogP contribution in [0.2, 0.25) is 0 Å². The SMILES string of the molecule is C1=C[C@H]2O[C@H]2C[C@H]2O[C@@H]12. The molecule has 9 heavy (non-hydrogen) atoms. The molecule has 0 aromatic rings. The maximum atomic E-state index is 5.29. The number of rotatable bonds is 0.